The minimum atomic E-state index is 0.374. The molecule has 0 unspecified atom stereocenters. The summed E-state index contributed by atoms with van der Waals surface area (Å²) in [6.45, 7) is 1.98. The van der Waals surface area contributed by atoms with Gasteiger partial charge >= 0.3 is 0 Å². The highest BCUT2D eigenvalue weighted by Gasteiger charge is 2.16. The van der Waals surface area contributed by atoms with Crippen LogP contribution in [0.15, 0.2) is 29.0 Å². The van der Waals surface area contributed by atoms with E-state index >= 15 is 0 Å². The van der Waals surface area contributed by atoms with Gasteiger partial charge in [-0.15, -0.1) is 0 Å². The summed E-state index contributed by atoms with van der Waals surface area (Å²) in [5, 5.41) is 10.8. The molecule has 0 atom stereocenters. The number of ether oxygens (including phenoxy) is 1. The summed E-state index contributed by atoms with van der Waals surface area (Å²) in [7, 11) is 3.61. The van der Waals surface area contributed by atoms with E-state index < -0.39 is 0 Å². The molecular formula is C15H19N7O2. The van der Waals surface area contributed by atoms with Crippen molar-refractivity contribution in [1.29, 1.82) is 0 Å². The first-order valence-corrected chi connectivity index (χ1v) is 7.62. The van der Waals surface area contributed by atoms with Crippen LogP contribution in [-0.2, 0) is 11.3 Å². The zero-order valence-corrected chi connectivity index (χ0v) is 13.6. The Kier molecular flexibility index (Phi) is 5.12. The number of rotatable bonds is 8. The molecule has 0 aliphatic carbocycles. The normalized spacial score (nSPS) is 10.9. The smallest absolute Gasteiger partial charge is 0.245 e. The molecule has 3 heterocycles. The number of pyridine rings is 1. The molecule has 0 amide bonds. The van der Waals surface area contributed by atoms with Crippen LogP contribution in [0.1, 0.15) is 12.1 Å². The van der Waals surface area contributed by atoms with E-state index in [1.807, 2.05) is 30.1 Å². The summed E-state index contributed by atoms with van der Waals surface area (Å²) in [4.78, 5) is 15.3. The lowest BCUT2D eigenvalue weighted by Crippen LogP contribution is -2.21. The number of hydrogen-bond donors (Lipinski definition) is 1. The van der Waals surface area contributed by atoms with E-state index in [0.29, 0.717) is 42.6 Å². The SMILES string of the molecule is COCCCNc1nc2nonc2nc1N(C)Cc1ccccn1. The Morgan fingerprint density at radius 2 is 2.04 bits per heavy atom. The van der Waals surface area contributed by atoms with Crippen LogP contribution < -0.4 is 10.2 Å². The van der Waals surface area contributed by atoms with Crippen molar-refractivity contribution in [2.75, 3.05) is 37.5 Å². The summed E-state index contributed by atoms with van der Waals surface area (Å²) in [5.74, 6) is 1.30. The minimum Gasteiger partial charge on any atom is -0.385 e. The largest absolute Gasteiger partial charge is 0.385 e. The van der Waals surface area contributed by atoms with E-state index in [-0.39, 0.29) is 0 Å². The Morgan fingerprint density at radius 1 is 1.21 bits per heavy atom. The van der Waals surface area contributed by atoms with Gasteiger partial charge < -0.3 is 15.0 Å². The lowest BCUT2D eigenvalue weighted by atomic mass is 10.3. The van der Waals surface area contributed by atoms with E-state index in [2.05, 4.69) is 30.6 Å². The average Bonchev–Trinajstić information content (AvgIpc) is 3.06. The fraction of sp³-hybridized carbons (Fsp3) is 0.400. The van der Waals surface area contributed by atoms with Gasteiger partial charge in [0.05, 0.1) is 12.2 Å². The molecule has 0 saturated carbocycles. The maximum Gasteiger partial charge on any atom is 0.245 e. The van der Waals surface area contributed by atoms with Crippen LogP contribution in [0.2, 0.25) is 0 Å². The van der Waals surface area contributed by atoms with Gasteiger partial charge in [-0.2, -0.15) is 0 Å². The molecule has 0 bridgehead atoms. The molecule has 0 radical (unpaired) electrons. The molecule has 0 aliphatic heterocycles. The monoisotopic (exact) mass is 329 g/mol. The predicted octanol–water partition coefficient (Wildman–Crippen LogP) is 1.49. The van der Waals surface area contributed by atoms with E-state index in [1.54, 1.807) is 13.3 Å². The van der Waals surface area contributed by atoms with E-state index in [9.17, 15) is 0 Å². The fourth-order valence-corrected chi connectivity index (χ4v) is 2.25. The van der Waals surface area contributed by atoms with Gasteiger partial charge in [0.2, 0.25) is 11.3 Å². The Labute approximate surface area is 139 Å². The van der Waals surface area contributed by atoms with Crippen LogP contribution in [0, 0.1) is 0 Å². The third-order valence-electron chi connectivity index (χ3n) is 3.40. The number of fused-ring (bicyclic) bond motifs is 1. The zero-order chi connectivity index (χ0) is 16.8. The molecule has 1 N–H and O–H groups in total. The number of anilines is 2. The van der Waals surface area contributed by atoms with E-state index in [1.165, 1.54) is 0 Å². The van der Waals surface area contributed by atoms with Crippen molar-refractivity contribution in [1.82, 2.24) is 25.3 Å². The molecule has 3 aromatic rings. The van der Waals surface area contributed by atoms with Crippen LogP contribution >= 0.6 is 0 Å². The van der Waals surface area contributed by atoms with Crippen molar-refractivity contribution in [3.05, 3.63) is 30.1 Å². The molecule has 0 aromatic carbocycles. The molecule has 0 aliphatic rings. The molecule has 3 rings (SSSR count). The number of nitrogens with one attached hydrogen (secondary N) is 1. The highest BCUT2D eigenvalue weighted by Crippen LogP contribution is 2.23. The maximum absolute atomic E-state index is 5.06. The summed E-state index contributed by atoms with van der Waals surface area (Å²) < 4.78 is 9.77. The highest BCUT2D eigenvalue weighted by atomic mass is 16.6. The lowest BCUT2D eigenvalue weighted by Gasteiger charge is -2.20. The van der Waals surface area contributed by atoms with Crippen LogP contribution in [0.5, 0.6) is 0 Å². The van der Waals surface area contributed by atoms with Gasteiger partial charge in [-0.25, -0.2) is 14.6 Å². The van der Waals surface area contributed by atoms with Crippen molar-refractivity contribution in [2.45, 2.75) is 13.0 Å². The van der Waals surface area contributed by atoms with Gasteiger partial charge in [0.1, 0.15) is 0 Å². The second-order valence-corrected chi connectivity index (χ2v) is 5.26. The molecule has 9 heteroatoms. The van der Waals surface area contributed by atoms with Gasteiger partial charge in [0.25, 0.3) is 0 Å². The Hall–Kier alpha value is -2.81. The maximum atomic E-state index is 5.06. The van der Waals surface area contributed by atoms with Gasteiger partial charge in [0, 0.05) is 33.5 Å². The molecular weight excluding hydrogens is 310 g/mol. The third kappa shape index (κ3) is 3.74. The van der Waals surface area contributed by atoms with Crippen LogP contribution in [-0.4, -0.2) is 52.6 Å². The molecule has 0 saturated heterocycles. The minimum absolute atomic E-state index is 0.374. The number of hydrogen-bond acceptors (Lipinski definition) is 9. The van der Waals surface area contributed by atoms with Crippen molar-refractivity contribution in [2.24, 2.45) is 0 Å². The van der Waals surface area contributed by atoms with Gasteiger partial charge in [-0.1, -0.05) is 6.07 Å². The summed E-state index contributed by atoms with van der Waals surface area (Å²) in [5.41, 5.74) is 1.69. The summed E-state index contributed by atoms with van der Waals surface area (Å²) in [6.07, 6.45) is 2.63. The highest BCUT2D eigenvalue weighted by molar-refractivity contribution is 5.73. The van der Waals surface area contributed by atoms with Crippen molar-refractivity contribution >= 4 is 22.9 Å². The van der Waals surface area contributed by atoms with Crippen LogP contribution in [0.3, 0.4) is 0 Å². The first kappa shape index (κ1) is 16.1. The molecule has 9 nitrogen and oxygen atoms in total. The number of aromatic nitrogens is 5. The molecule has 0 fully saturated rings. The second kappa shape index (κ2) is 7.64. The molecule has 126 valence electrons. The van der Waals surface area contributed by atoms with Gasteiger partial charge in [-0.05, 0) is 28.9 Å². The summed E-state index contributed by atoms with van der Waals surface area (Å²) in [6, 6.07) is 5.81. The number of nitrogens with zero attached hydrogens (tertiary/aromatic N) is 6. The Morgan fingerprint density at radius 3 is 2.79 bits per heavy atom. The molecule has 24 heavy (non-hydrogen) atoms. The third-order valence-corrected chi connectivity index (χ3v) is 3.40. The Bertz CT molecular complexity index is 778. The van der Waals surface area contributed by atoms with E-state index in [4.69, 9.17) is 9.37 Å². The van der Waals surface area contributed by atoms with Crippen molar-refractivity contribution < 1.29 is 9.37 Å². The predicted molar refractivity (Wildman–Crippen MR) is 88.7 cm³/mol. The second-order valence-electron chi connectivity index (χ2n) is 5.26. The van der Waals surface area contributed by atoms with Crippen molar-refractivity contribution in [3.63, 3.8) is 0 Å². The van der Waals surface area contributed by atoms with Gasteiger partial charge in [-0.3, -0.25) is 4.98 Å². The topological polar surface area (TPSA) is 102 Å². The first-order chi connectivity index (χ1) is 11.8. The van der Waals surface area contributed by atoms with Crippen LogP contribution in [0.25, 0.3) is 11.3 Å². The zero-order valence-electron chi connectivity index (χ0n) is 13.6. The summed E-state index contributed by atoms with van der Waals surface area (Å²) >= 11 is 0. The Balaban J connectivity index is 1.83. The standard InChI is InChI=1S/C15H19N7O2/c1-22(10-11-6-3-4-7-16-11)15-14(17-8-5-9-23-2)18-12-13(19-15)21-24-20-12/h3-4,6-7H,5,8-10H2,1-2H3,(H,17,18,20). The first-order valence-electron chi connectivity index (χ1n) is 7.62. The van der Waals surface area contributed by atoms with Gasteiger partial charge in [0.15, 0.2) is 11.6 Å². The quantitative estimate of drug-likeness (QED) is 0.616. The van der Waals surface area contributed by atoms with Crippen LogP contribution in [0.4, 0.5) is 11.6 Å². The average molecular weight is 329 g/mol. The number of methoxy groups -OCH3 is 1. The van der Waals surface area contributed by atoms with Crippen molar-refractivity contribution in [3.8, 4) is 0 Å². The fourth-order valence-electron chi connectivity index (χ4n) is 2.25. The lowest BCUT2D eigenvalue weighted by molar-refractivity contribution is 0.198. The van der Waals surface area contributed by atoms with E-state index in [0.717, 1.165) is 12.1 Å². The molecule has 3 aromatic heterocycles. The molecule has 0 spiro atoms.